The van der Waals surface area contributed by atoms with E-state index in [1.807, 2.05) is 4.90 Å². The molecule has 1 fully saturated rings. The van der Waals surface area contributed by atoms with Crippen molar-refractivity contribution >= 4 is 5.91 Å². The van der Waals surface area contributed by atoms with Crippen molar-refractivity contribution in [1.29, 1.82) is 0 Å². The van der Waals surface area contributed by atoms with E-state index in [0.29, 0.717) is 18.9 Å². The monoisotopic (exact) mass is 255 g/mol. The molecule has 1 rings (SSSR count). The average molecular weight is 255 g/mol. The van der Waals surface area contributed by atoms with E-state index in [9.17, 15) is 4.79 Å². The van der Waals surface area contributed by atoms with Crippen molar-refractivity contribution in [3.63, 3.8) is 0 Å². The maximum absolute atomic E-state index is 12.0. The Hall–Kier alpha value is -0.610. The molecule has 0 unspecified atom stereocenters. The second-order valence-corrected chi connectivity index (χ2v) is 5.84. The van der Waals surface area contributed by atoms with Crippen molar-refractivity contribution in [2.45, 2.75) is 52.0 Å². The van der Waals surface area contributed by atoms with E-state index in [4.69, 9.17) is 5.73 Å². The third-order valence-electron chi connectivity index (χ3n) is 3.98. The zero-order valence-corrected chi connectivity index (χ0v) is 12.2. The molecular formula is C14H29N3O. The Labute approximate surface area is 111 Å². The summed E-state index contributed by atoms with van der Waals surface area (Å²) in [5.41, 5.74) is 5.84. The minimum absolute atomic E-state index is 0.0529. The highest BCUT2D eigenvalue weighted by Gasteiger charge is 2.29. The topological polar surface area (TPSA) is 49.6 Å². The van der Waals surface area contributed by atoms with Crippen LogP contribution in [0.15, 0.2) is 0 Å². The van der Waals surface area contributed by atoms with Gasteiger partial charge in [0.1, 0.15) is 0 Å². The predicted octanol–water partition coefficient (Wildman–Crippen LogP) is 1.45. The molecule has 4 nitrogen and oxygen atoms in total. The number of nitrogens with two attached hydrogens (primary N) is 1. The molecule has 0 aromatic heterocycles. The zero-order chi connectivity index (χ0) is 13.6. The van der Waals surface area contributed by atoms with Gasteiger partial charge >= 0.3 is 0 Å². The molecule has 106 valence electrons. The molecule has 0 aliphatic carbocycles. The lowest BCUT2D eigenvalue weighted by Gasteiger charge is -2.43. The summed E-state index contributed by atoms with van der Waals surface area (Å²) in [6, 6.07) is 0. The lowest BCUT2D eigenvalue weighted by Crippen LogP contribution is -2.58. The fraction of sp³-hybridized carbons (Fsp3) is 0.929. The second-order valence-electron chi connectivity index (χ2n) is 5.84. The molecule has 2 N–H and O–H groups in total. The molecule has 1 aliphatic rings. The highest BCUT2D eigenvalue weighted by Crippen LogP contribution is 2.16. The van der Waals surface area contributed by atoms with Crippen LogP contribution >= 0.6 is 0 Å². The summed E-state index contributed by atoms with van der Waals surface area (Å²) in [5, 5.41) is 0. The van der Waals surface area contributed by atoms with Gasteiger partial charge in [0, 0.05) is 44.7 Å². The minimum atomic E-state index is 0.0529. The molecule has 0 radical (unpaired) electrons. The average Bonchev–Trinajstić information content (AvgIpc) is 2.39. The van der Waals surface area contributed by atoms with E-state index >= 15 is 0 Å². The van der Waals surface area contributed by atoms with Gasteiger partial charge in [0.05, 0.1) is 0 Å². The van der Waals surface area contributed by atoms with Crippen LogP contribution in [-0.2, 0) is 4.79 Å². The van der Waals surface area contributed by atoms with Gasteiger partial charge in [-0.25, -0.2) is 0 Å². The van der Waals surface area contributed by atoms with Gasteiger partial charge in [0.15, 0.2) is 0 Å². The SMILES string of the molecule is CCCCCC(=O)N1CCN(C(C)(C)CN)CC1. The second kappa shape index (κ2) is 7.10. The van der Waals surface area contributed by atoms with Crippen LogP contribution in [0.4, 0.5) is 0 Å². The standard InChI is InChI=1S/C14H29N3O/c1-4-5-6-7-13(18)16-8-10-17(11-9-16)14(2,3)12-15/h4-12,15H2,1-3H3. The highest BCUT2D eigenvalue weighted by atomic mass is 16.2. The molecule has 0 aromatic carbocycles. The summed E-state index contributed by atoms with van der Waals surface area (Å²) in [6.07, 6.45) is 4.08. The molecule has 0 spiro atoms. The Morgan fingerprint density at radius 2 is 1.78 bits per heavy atom. The molecular weight excluding hydrogens is 226 g/mol. The van der Waals surface area contributed by atoms with Crippen molar-refractivity contribution in [3.8, 4) is 0 Å². The van der Waals surface area contributed by atoms with Gasteiger partial charge in [-0.1, -0.05) is 19.8 Å². The van der Waals surface area contributed by atoms with Crippen molar-refractivity contribution < 1.29 is 4.79 Å². The summed E-state index contributed by atoms with van der Waals surface area (Å²) in [5.74, 6) is 0.327. The van der Waals surface area contributed by atoms with Crippen LogP contribution in [-0.4, -0.2) is 54.0 Å². The van der Waals surface area contributed by atoms with Crippen LogP contribution in [0.5, 0.6) is 0 Å². The van der Waals surface area contributed by atoms with Crippen molar-refractivity contribution in [1.82, 2.24) is 9.80 Å². The minimum Gasteiger partial charge on any atom is -0.340 e. The Balaban J connectivity index is 2.32. The highest BCUT2D eigenvalue weighted by molar-refractivity contribution is 5.76. The fourth-order valence-corrected chi connectivity index (χ4v) is 2.37. The van der Waals surface area contributed by atoms with Crippen LogP contribution in [0.25, 0.3) is 0 Å². The number of piperazine rings is 1. The molecule has 1 saturated heterocycles. The van der Waals surface area contributed by atoms with Crippen LogP contribution < -0.4 is 5.73 Å². The summed E-state index contributed by atoms with van der Waals surface area (Å²) >= 11 is 0. The maximum atomic E-state index is 12.0. The third-order valence-corrected chi connectivity index (χ3v) is 3.98. The van der Waals surface area contributed by atoms with E-state index in [0.717, 1.165) is 39.0 Å². The first-order chi connectivity index (χ1) is 8.51. The third kappa shape index (κ3) is 4.25. The number of unbranched alkanes of at least 4 members (excludes halogenated alkanes) is 2. The first-order valence-corrected chi connectivity index (χ1v) is 7.24. The molecule has 18 heavy (non-hydrogen) atoms. The maximum Gasteiger partial charge on any atom is 0.222 e. The largest absolute Gasteiger partial charge is 0.340 e. The summed E-state index contributed by atoms with van der Waals surface area (Å²) in [7, 11) is 0. The van der Waals surface area contributed by atoms with Gasteiger partial charge in [0.2, 0.25) is 5.91 Å². The zero-order valence-electron chi connectivity index (χ0n) is 12.2. The van der Waals surface area contributed by atoms with Crippen molar-refractivity contribution in [3.05, 3.63) is 0 Å². The first kappa shape index (κ1) is 15.4. The fourth-order valence-electron chi connectivity index (χ4n) is 2.37. The van der Waals surface area contributed by atoms with Crippen LogP contribution in [0.1, 0.15) is 46.5 Å². The smallest absolute Gasteiger partial charge is 0.222 e. The van der Waals surface area contributed by atoms with E-state index in [1.165, 1.54) is 6.42 Å². The quantitative estimate of drug-likeness (QED) is 0.731. The molecule has 0 aromatic rings. The number of rotatable bonds is 6. The van der Waals surface area contributed by atoms with E-state index in [1.54, 1.807) is 0 Å². The molecule has 1 heterocycles. The number of amides is 1. The van der Waals surface area contributed by atoms with Gasteiger partial charge < -0.3 is 10.6 Å². The van der Waals surface area contributed by atoms with Gasteiger partial charge in [0.25, 0.3) is 0 Å². The first-order valence-electron chi connectivity index (χ1n) is 7.24. The van der Waals surface area contributed by atoms with Crippen LogP contribution in [0.3, 0.4) is 0 Å². The van der Waals surface area contributed by atoms with Gasteiger partial charge in [-0.2, -0.15) is 0 Å². The summed E-state index contributed by atoms with van der Waals surface area (Å²) < 4.78 is 0. The van der Waals surface area contributed by atoms with Gasteiger partial charge in [-0.15, -0.1) is 0 Å². The Bertz CT molecular complexity index is 258. The van der Waals surface area contributed by atoms with E-state index in [-0.39, 0.29) is 5.54 Å². The van der Waals surface area contributed by atoms with E-state index in [2.05, 4.69) is 25.7 Å². The molecule has 0 bridgehead atoms. The molecule has 0 atom stereocenters. The number of carbonyl (C=O) groups is 1. The number of hydrogen-bond acceptors (Lipinski definition) is 3. The molecule has 4 heteroatoms. The molecule has 1 amide bonds. The molecule has 0 saturated carbocycles. The Morgan fingerprint density at radius 1 is 1.17 bits per heavy atom. The van der Waals surface area contributed by atoms with Crippen LogP contribution in [0.2, 0.25) is 0 Å². The van der Waals surface area contributed by atoms with Gasteiger partial charge in [-0.05, 0) is 20.3 Å². The number of hydrogen-bond donors (Lipinski definition) is 1. The Morgan fingerprint density at radius 3 is 2.28 bits per heavy atom. The number of carbonyl (C=O) groups excluding carboxylic acids is 1. The van der Waals surface area contributed by atoms with Crippen molar-refractivity contribution in [2.24, 2.45) is 5.73 Å². The predicted molar refractivity (Wildman–Crippen MR) is 75.4 cm³/mol. The summed E-state index contributed by atoms with van der Waals surface area (Å²) in [4.78, 5) is 16.4. The van der Waals surface area contributed by atoms with E-state index < -0.39 is 0 Å². The van der Waals surface area contributed by atoms with Crippen molar-refractivity contribution in [2.75, 3.05) is 32.7 Å². The normalized spacial score (nSPS) is 18.1. The summed E-state index contributed by atoms with van der Waals surface area (Å²) in [6.45, 7) is 10.8. The number of nitrogens with zero attached hydrogens (tertiary/aromatic N) is 2. The van der Waals surface area contributed by atoms with Crippen LogP contribution in [0, 0.1) is 0 Å². The Kier molecular flexibility index (Phi) is 6.09. The lowest BCUT2D eigenvalue weighted by molar-refractivity contribution is -0.133. The molecule has 1 aliphatic heterocycles. The lowest BCUT2D eigenvalue weighted by atomic mass is 10.0. The van der Waals surface area contributed by atoms with Gasteiger partial charge in [-0.3, -0.25) is 9.69 Å².